The van der Waals surface area contributed by atoms with Gasteiger partial charge in [0.25, 0.3) is 0 Å². The van der Waals surface area contributed by atoms with E-state index in [1.165, 1.54) is 56.4 Å². The molecular weight excluding hydrogens is 260 g/mol. The second-order valence-electron chi connectivity index (χ2n) is 6.71. The Morgan fingerprint density at radius 3 is 2.48 bits per heavy atom. The number of benzene rings is 1. The van der Waals surface area contributed by atoms with Crippen LogP contribution in [0.15, 0.2) is 24.3 Å². The van der Waals surface area contributed by atoms with Crippen molar-refractivity contribution in [3.63, 3.8) is 0 Å². The van der Waals surface area contributed by atoms with Gasteiger partial charge in [-0.2, -0.15) is 0 Å². The smallest absolute Gasteiger partial charge is 0.0771 e. The van der Waals surface area contributed by atoms with E-state index in [1.54, 1.807) is 0 Å². The number of hydrogen-bond acceptors (Lipinski definition) is 3. The summed E-state index contributed by atoms with van der Waals surface area (Å²) >= 11 is 0. The summed E-state index contributed by atoms with van der Waals surface area (Å²) in [6.45, 7) is 3.94. The minimum absolute atomic E-state index is 0.471. The first kappa shape index (κ1) is 14.9. The highest BCUT2D eigenvalue weighted by Crippen LogP contribution is 2.28. The Balaban J connectivity index is 1.57. The van der Waals surface area contributed by atoms with Crippen molar-refractivity contribution in [2.45, 2.75) is 57.1 Å². The fraction of sp³-hybridized carbons (Fsp3) is 0.667. The molecule has 0 radical (unpaired) electrons. The van der Waals surface area contributed by atoms with Crippen molar-refractivity contribution in [3.05, 3.63) is 29.8 Å². The lowest BCUT2D eigenvalue weighted by molar-refractivity contribution is 0.00468. The third-order valence-corrected chi connectivity index (χ3v) is 4.99. The zero-order valence-corrected chi connectivity index (χ0v) is 13.0. The molecule has 0 atom stereocenters. The van der Waals surface area contributed by atoms with E-state index < -0.39 is 5.60 Å². The molecule has 1 aliphatic carbocycles. The number of nitrogens with zero attached hydrogens (tertiary/aromatic N) is 1. The lowest BCUT2D eigenvalue weighted by Crippen LogP contribution is -2.42. The summed E-state index contributed by atoms with van der Waals surface area (Å²) in [5, 5.41) is 14.1. The van der Waals surface area contributed by atoms with Crippen molar-refractivity contribution >= 4 is 5.69 Å². The van der Waals surface area contributed by atoms with Crippen molar-refractivity contribution in [1.29, 1.82) is 0 Å². The van der Waals surface area contributed by atoms with Crippen LogP contribution in [0.25, 0.3) is 0 Å². The van der Waals surface area contributed by atoms with Crippen LogP contribution in [0.1, 0.15) is 50.5 Å². The first-order chi connectivity index (χ1) is 10.3. The topological polar surface area (TPSA) is 35.5 Å². The summed E-state index contributed by atoms with van der Waals surface area (Å²) < 4.78 is 0. The maximum absolute atomic E-state index is 10.6. The van der Waals surface area contributed by atoms with Crippen LogP contribution < -0.4 is 10.2 Å². The van der Waals surface area contributed by atoms with Crippen molar-refractivity contribution in [1.82, 2.24) is 5.32 Å². The summed E-state index contributed by atoms with van der Waals surface area (Å²) in [5.41, 5.74) is 2.26. The lowest BCUT2D eigenvalue weighted by Gasteiger charge is -2.32. The van der Waals surface area contributed by atoms with Crippen LogP contribution in [-0.4, -0.2) is 30.3 Å². The van der Waals surface area contributed by atoms with Gasteiger partial charge in [0.15, 0.2) is 0 Å². The molecule has 3 nitrogen and oxygen atoms in total. The Morgan fingerprint density at radius 1 is 1.00 bits per heavy atom. The zero-order chi connectivity index (χ0) is 14.5. The molecule has 1 aromatic carbocycles. The SMILES string of the molecule is OC1(CNCc2ccccc2N2CCCC2)CCCCC1. The molecule has 21 heavy (non-hydrogen) atoms. The van der Waals surface area contributed by atoms with E-state index in [-0.39, 0.29) is 0 Å². The van der Waals surface area contributed by atoms with Gasteiger partial charge in [-0.15, -0.1) is 0 Å². The number of rotatable bonds is 5. The second kappa shape index (κ2) is 6.80. The van der Waals surface area contributed by atoms with Crippen LogP contribution in [0.3, 0.4) is 0 Å². The number of para-hydroxylation sites is 1. The van der Waals surface area contributed by atoms with Gasteiger partial charge in [0.2, 0.25) is 0 Å². The molecule has 1 saturated carbocycles. The van der Waals surface area contributed by atoms with Gasteiger partial charge in [-0.1, -0.05) is 37.5 Å². The fourth-order valence-electron chi connectivity index (χ4n) is 3.74. The minimum Gasteiger partial charge on any atom is -0.389 e. The van der Waals surface area contributed by atoms with Crippen molar-refractivity contribution in [2.75, 3.05) is 24.5 Å². The van der Waals surface area contributed by atoms with E-state index in [0.717, 1.165) is 25.9 Å². The highest BCUT2D eigenvalue weighted by Gasteiger charge is 2.28. The third-order valence-electron chi connectivity index (χ3n) is 4.99. The van der Waals surface area contributed by atoms with Crippen LogP contribution in [0, 0.1) is 0 Å². The molecule has 0 bridgehead atoms. The minimum atomic E-state index is -0.471. The zero-order valence-electron chi connectivity index (χ0n) is 13.0. The average molecular weight is 288 g/mol. The summed E-state index contributed by atoms with van der Waals surface area (Å²) in [5.74, 6) is 0. The molecule has 0 spiro atoms. The second-order valence-corrected chi connectivity index (χ2v) is 6.71. The van der Waals surface area contributed by atoms with Gasteiger partial charge in [0.1, 0.15) is 0 Å². The van der Waals surface area contributed by atoms with Gasteiger partial charge in [0, 0.05) is 31.9 Å². The molecule has 1 saturated heterocycles. The van der Waals surface area contributed by atoms with Gasteiger partial charge in [-0.25, -0.2) is 0 Å². The van der Waals surface area contributed by atoms with Crippen LogP contribution in [0.2, 0.25) is 0 Å². The standard InChI is InChI=1S/C18H28N2O/c21-18(10-4-1-5-11-18)15-19-14-16-8-2-3-9-17(16)20-12-6-7-13-20/h2-3,8-9,19,21H,1,4-7,10-15H2. The Hall–Kier alpha value is -1.06. The molecule has 3 rings (SSSR count). The number of hydrogen-bond donors (Lipinski definition) is 2. The van der Waals surface area contributed by atoms with E-state index >= 15 is 0 Å². The summed E-state index contributed by atoms with van der Waals surface area (Å²) in [4.78, 5) is 2.49. The number of nitrogens with one attached hydrogen (secondary N) is 1. The van der Waals surface area contributed by atoms with Crippen molar-refractivity contribution < 1.29 is 5.11 Å². The first-order valence-corrected chi connectivity index (χ1v) is 8.53. The van der Waals surface area contributed by atoms with Crippen molar-refractivity contribution in [2.24, 2.45) is 0 Å². The van der Waals surface area contributed by atoms with E-state index in [0.29, 0.717) is 0 Å². The van der Waals surface area contributed by atoms with Crippen LogP contribution in [-0.2, 0) is 6.54 Å². The predicted octanol–water partition coefficient (Wildman–Crippen LogP) is 3.07. The molecule has 0 unspecified atom stereocenters. The van der Waals surface area contributed by atoms with Crippen LogP contribution in [0.4, 0.5) is 5.69 Å². The monoisotopic (exact) mass is 288 g/mol. The third kappa shape index (κ3) is 3.78. The van der Waals surface area contributed by atoms with Gasteiger partial charge in [-0.05, 0) is 37.3 Å². The molecule has 116 valence electrons. The molecule has 0 amide bonds. The Morgan fingerprint density at radius 2 is 1.71 bits per heavy atom. The molecule has 3 heteroatoms. The normalized spacial score (nSPS) is 21.7. The molecule has 1 aromatic rings. The molecule has 2 N–H and O–H groups in total. The largest absolute Gasteiger partial charge is 0.389 e. The fourth-order valence-corrected chi connectivity index (χ4v) is 3.74. The highest BCUT2D eigenvalue weighted by atomic mass is 16.3. The average Bonchev–Trinajstić information content (AvgIpc) is 3.02. The van der Waals surface area contributed by atoms with Gasteiger partial charge in [-0.3, -0.25) is 0 Å². The predicted molar refractivity (Wildman–Crippen MR) is 87.6 cm³/mol. The van der Waals surface area contributed by atoms with Crippen LogP contribution >= 0.6 is 0 Å². The maximum Gasteiger partial charge on any atom is 0.0771 e. The summed E-state index contributed by atoms with van der Waals surface area (Å²) in [6.07, 6.45) is 8.13. The molecule has 1 heterocycles. The Labute approximate surface area is 128 Å². The number of anilines is 1. The van der Waals surface area contributed by atoms with Crippen molar-refractivity contribution in [3.8, 4) is 0 Å². The highest BCUT2D eigenvalue weighted by molar-refractivity contribution is 5.54. The van der Waals surface area contributed by atoms with Crippen LogP contribution in [0.5, 0.6) is 0 Å². The molecular formula is C18H28N2O. The first-order valence-electron chi connectivity index (χ1n) is 8.53. The maximum atomic E-state index is 10.6. The Kier molecular flexibility index (Phi) is 4.81. The Bertz CT molecular complexity index is 448. The quantitative estimate of drug-likeness (QED) is 0.874. The van der Waals surface area contributed by atoms with E-state index in [1.807, 2.05) is 0 Å². The molecule has 2 aliphatic rings. The summed E-state index contributed by atoms with van der Waals surface area (Å²) in [6, 6.07) is 8.70. The number of aliphatic hydroxyl groups is 1. The van der Waals surface area contributed by atoms with Gasteiger partial charge < -0.3 is 15.3 Å². The van der Waals surface area contributed by atoms with Gasteiger partial charge in [0.05, 0.1) is 5.60 Å². The van der Waals surface area contributed by atoms with Gasteiger partial charge >= 0.3 is 0 Å². The van der Waals surface area contributed by atoms with E-state index in [2.05, 4.69) is 34.5 Å². The molecule has 1 aliphatic heterocycles. The lowest BCUT2D eigenvalue weighted by atomic mass is 9.85. The summed E-state index contributed by atoms with van der Waals surface area (Å²) in [7, 11) is 0. The van der Waals surface area contributed by atoms with E-state index in [9.17, 15) is 5.11 Å². The van der Waals surface area contributed by atoms with E-state index in [4.69, 9.17) is 0 Å². The molecule has 2 fully saturated rings. The molecule has 0 aromatic heterocycles.